The van der Waals surface area contributed by atoms with Crippen LogP contribution in [-0.4, -0.2) is 18.5 Å². The molecule has 0 aliphatic carbocycles. The quantitative estimate of drug-likeness (QED) is 0.807. The number of hydrogen-bond acceptors (Lipinski definition) is 3. The van der Waals surface area contributed by atoms with Gasteiger partial charge in [0.2, 0.25) is 5.91 Å². The number of nitrogens with one attached hydrogen (secondary N) is 3. The summed E-state index contributed by atoms with van der Waals surface area (Å²) in [7, 11) is 0. The molecule has 0 radical (unpaired) electrons. The van der Waals surface area contributed by atoms with Gasteiger partial charge in [0.1, 0.15) is 0 Å². The van der Waals surface area contributed by atoms with Crippen molar-refractivity contribution in [3.63, 3.8) is 0 Å². The molecule has 6 nitrogen and oxygen atoms in total. The van der Waals surface area contributed by atoms with Gasteiger partial charge in [-0.25, -0.2) is 4.79 Å². The Morgan fingerprint density at radius 3 is 2.41 bits per heavy atom. The lowest BCUT2D eigenvalue weighted by molar-refractivity contribution is -0.115. The minimum Gasteiger partial charge on any atom is -0.329 e. The molecule has 0 unspecified atom stereocenters. The molecule has 3 N–H and O–H groups in total. The fourth-order valence-corrected chi connectivity index (χ4v) is 1.73. The summed E-state index contributed by atoms with van der Waals surface area (Å²) in [5.41, 5.74) is 1.60. The molecule has 2 rings (SSSR count). The predicted octanol–water partition coefficient (Wildman–Crippen LogP) is 2.32. The third-order valence-electron chi connectivity index (χ3n) is 2.72. The van der Waals surface area contributed by atoms with E-state index in [-0.39, 0.29) is 12.5 Å². The fraction of sp³-hybridized carbons (Fsp3) is 0.0625. The van der Waals surface area contributed by atoms with Gasteiger partial charge in [-0.3, -0.25) is 4.79 Å². The van der Waals surface area contributed by atoms with Gasteiger partial charge in [0.25, 0.3) is 0 Å². The number of rotatable bonds is 4. The zero-order valence-corrected chi connectivity index (χ0v) is 11.7. The zero-order valence-electron chi connectivity index (χ0n) is 11.7. The number of anilines is 2. The van der Waals surface area contributed by atoms with Crippen LogP contribution in [0.3, 0.4) is 0 Å². The number of carbonyl (C=O) groups excluding carboxylic acids is 2. The second kappa shape index (κ2) is 7.45. The standard InChI is InChI=1S/C16H14N4O2/c17-10-12-5-4-8-14(9-12)19-15(21)11-18-16(22)20-13-6-2-1-3-7-13/h1-9H,11H2,(H,19,21)(H2,18,20,22). The highest BCUT2D eigenvalue weighted by molar-refractivity contribution is 5.96. The van der Waals surface area contributed by atoms with Gasteiger partial charge < -0.3 is 16.0 Å². The lowest BCUT2D eigenvalue weighted by Gasteiger charge is -2.08. The first-order valence-electron chi connectivity index (χ1n) is 6.57. The molecular formula is C16H14N4O2. The lowest BCUT2D eigenvalue weighted by atomic mass is 10.2. The van der Waals surface area contributed by atoms with E-state index in [1.165, 1.54) is 0 Å². The first-order valence-corrected chi connectivity index (χ1v) is 6.57. The molecule has 22 heavy (non-hydrogen) atoms. The Morgan fingerprint density at radius 1 is 0.955 bits per heavy atom. The highest BCUT2D eigenvalue weighted by Crippen LogP contribution is 2.09. The maximum atomic E-state index is 11.7. The number of nitrogens with zero attached hydrogens (tertiary/aromatic N) is 1. The molecule has 0 spiro atoms. The van der Waals surface area contributed by atoms with E-state index in [0.717, 1.165) is 0 Å². The number of benzene rings is 2. The third-order valence-corrected chi connectivity index (χ3v) is 2.72. The van der Waals surface area contributed by atoms with Gasteiger partial charge >= 0.3 is 6.03 Å². The summed E-state index contributed by atoms with van der Waals surface area (Å²) in [5, 5.41) is 16.4. The monoisotopic (exact) mass is 294 g/mol. The van der Waals surface area contributed by atoms with Crippen LogP contribution in [0.15, 0.2) is 54.6 Å². The summed E-state index contributed by atoms with van der Waals surface area (Å²) in [6.45, 7) is -0.171. The van der Waals surface area contributed by atoms with Crippen molar-refractivity contribution in [1.29, 1.82) is 5.26 Å². The molecule has 0 aromatic heterocycles. The number of hydrogen-bond donors (Lipinski definition) is 3. The van der Waals surface area contributed by atoms with Crippen LogP contribution in [-0.2, 0) is 4.79 Å². The van der Waals surface area contributed by atoms with E-state index >= 15 is 0 Å². The molecule has 3 amide bonds. The van der Waals surface area contributed by atoms with Crippen LogP contribution in [0, 0.1) is 11.3 Å². The summed E-state index contributed by atoms with van der Waals surface area (Å²) in [5.74, 6) is -0.377. The summed E-state index contributed by atoms with van der Waals surface area (Å²) in [4.78, 5) is 23.4. The van der Waals surface area contributed by atoms with E-state index in [0.29, 0.717) is 16.9 Å². The highest BCUT2D eigenvalue weighted by Gasteiger charge is 2.06. The van der Waals surface area contributed by atoms with Crippen molar-refractivity contribution >= 4 is 23.3 Å². The molecule has 0 aliphatic heterocycles. The first kappa shape index (κ1) is 15.1. The molecular weight excluding hydrogens is 280 g/mol. The summed E-state index contributed by atoms with van der Waals surface area (Å²) in [6.07, 6.45) is 0. The van der Waals surface area contributed by atoms with Crippen molar-refractivity contribution in [3.05, 3.63) is 60.2 Å². The van der Waals surface area contributed by atoms with Gasteiger partial charge in [-0.1, -0.05) is 24.3 Å². The van der Waals surface area contributed by atoms with Crippen molar-refractivity contribution in [3.8, 4) is 6.07 Å². The molecule has 6 heteroatoms. The van der Waals surface area contributed by atoms with Crippen molar-refractivity contribution in [2.45, 2.75) is 0 Å². The molecule has 0 atom stereocenters. The lowest BCUT2D eigenvalue weighted by Crippen LogP contribution is -2.35. The maximum absolute atomic E-state index is 11.7. The van der Waals surface area contributed by atoms with E-state index in [4.69, 9.17) is 5.26 Å². The SMILES string of the molecule is N#Cc1cccc(NC(=O)CNC(=O)Nc2ccccc2)c1. The molecule has 2 aromatic rings. The molecule has 110 valence electrons. The molecule has 0 fully saturated rings. The van der Waals surface area contributed by atoms with E-state index in [2.05, 4.69) is 16.0 Å². The van der Waals surface area contributed by atoms with Gasteiger partial charge in [0.05, 0.1) is 18.2 Å². The van der Waals surface area contributed by atoms with E-state index in [1.807, 2.05) is 12.1 Å². The molecule has 2 aromatic carbocycles. The molecule has 0 saturated carbocycles. The van der Waals surface area contributed by atoms with E-state index in [9.17, 15) is 9.59 Å². The average Bonchev–Trinajstić information content (AvgIpc) is 2.54. The minimum atomic E-state index is -0.466. The molecule has 0 aliphatic rings. The molecule has 0 heterocycles. The summed E-state index contributed by atoms with van der Waals surface area (Å²) in [6, 6.07) is 17.0. The van der Waals surface area contributed by atoms with Crippen molar-refractivity contribution in [2.75, 3.05) is 17.2 Å². The molecule has 0 saturated heterocycles. The second-order valence-corrected chi connectivity index (χ2v) is 4.41. The number of urea groups is 1. The van der Waals surface area contributed by atoms with Crippen LogP contribution in [0.1, 0.15) is 5.56 Å². The Labute approximate surface area is 127 Å². The number of carbonyl (C=O) groups is 2. The van der Waals surface area contributed by atoms with Crippen molar-refractivity contribution in [2.24, 2.45) is 0 Å². The average molecular weight is 294 g/mol. The van der Waals surface area contributed by atoms with Crippen LogP contribution in [0.2, 0.25) is 0 Å². The van der Waals surface area contributed by atoms with Crippen LogP contribution in [0.5, 0.6) is 0 Å². The Kier molecular flexibility index (Phi) is 5.10. The fourth-order valence-electron chi connectivity index (χ4n) is 1.73. The number of nitriles is 1. The molecule has 0 bridgehead atoms. The van der Waals surface area contributed by atoms with Crippen LogP contribution in [0.4, 0.5) is 16.2 Å². The smallest absolute Gasteiger partial charge is 0.319 e. The largest absolute Gasteiger partial charge is 0.329 e. The number of para-hydroxylation sites is 1. The highest BCUT2D eigenvalue weighted by atomic mass is 16.2. The second-order valence-electron chi connectivity index (χ2n) is 4.41. The Morgan fingerprint density at radius 2 is 1.68 bits per heavy atom. The maximum Gasteiger partial charge on any atom is 0.319 e. The normalized spacial score (nSPS) is 9.41. The Hall–Kier alpha value is -3.33. The van der Waals surface area contributed by atoms with Crippen LogP contribution < -0.4 is 16.0 Å². The van der Waals surface area contributed by atoms with E-state index < -0.39 is 6.03 Å². The Balaban J connectivity index is 1.80. The van der Waals surface area contributed by atoms with Crippen LogP contribution >= 0.6 is 0 Å². The van der Waals surface area contributed by atoms with Gasteiger partial charge in [-0.2, -0.15) is 5.26 Å². The van der Waals surface area contributed by atoms with Gasteiger partial charge in [0, 0.05) is 11.4 Å². The number of amides is 3. The van der Waals surface area contributed by atoms with Crippen molar-refractivity contribution in [1.82, 2.24) is 5.32 Å². The van der Waals surface area contributed by atoms with Gasteiger partial charge in [-0.05, 0) is 30.3 Å². The summed E-state index contributed by atoms with van der Waals surface area (Å²) >= 11 is 0. The zero-order chi connectivity index (χ0) is 15.8. The Bertz CT molecular complexity index is 708. The minimum absolute atomic E-state index is 0.171. The first-order chi connectivity index (χ1) is 10.7. The van der Waals surface area contributed by atoms with Crippen LogP contribution in [0.25, 0.3) is 0 Å². The van der Waals surface area contributed by atoms with Gasteiger partial charge in [0.15, 0.2) is 0 Å². The van der Waals surface area contributed by atoms with Crippen molar-refractivity contribution < 1.29 is 9.59 Å². The third kappa shape index (κ3) is 4.65. The predicted molar refractivity (Wildman–Crippen MR) is 83.3 cm³/mol. The summed E-state index contributed by atoms with van der Waals surface area (Å²) < 4.78 is 0. The topological polar surface area (TPSA) is 94.0 Å². The van der Waals surface area contributed by atoms with Gasteiger partial charge in [-0.15, -0.1) is 0 Å². The van der Waals surface area contributed by atoms with E-state index in [1.54, 1.807) is 48.5 Å².